The van der Waals surface area contributed by atoms with Crippen LogP contribution in [0.4, 0.5) is 11.4 Å². The molecule has 0 bridgehead atoms. The molecule has 1 fully saturated rings. The first-order valence-corrected chi connectivity index (χ1v) is 10.7. The number of carbonyl (C=O) groups is 2. The zero-order valence-corrected chi connectivity index (χ0v) is 17.8. The van der Waals surface area contributed by atoms with Gasteiger partial charge in [-0.25, -0.2) is 4.79 Å². The third-order valence-corrected chi connectivity index (χ3v) is 5.34. The summed E-state index contributed by atoms with van der Waals surface area (Å²) in [4.78, 5) is 29.6. The number of hydrogen-bond donors (Lipinski definition) is 1. The summed E-state index contributed by atoms with van der Waals surface area (Å²) in [5, 5.41) is 3.28. The first kappa shape index (κ1) is 21.7. The number of esters is 1. The predicted molar refractivity (Wildman–Crippen MR) is 120 cm³/mol. The smallest absolute Gasteiger partial charge is 0.341 e. The van der Waals surface area contributed by atoms with Crippen LogP contribution < -0.4 is 10.2 Å². The maximum Gasteiger partial charge on any atom is 0.341 e. The molecule has 1 saturated heterocycles. The van der Waals surface area contributed by atoms with Crippen molar-refractivity contribution in [2.45, 2.75) is 32.8 Å². The average Bonchev–Trinajstić information content (AvgIpc) is 2.79. The van der Waals surface area contributed by atoms with Gasteiger partial charge in [0.05, 0.1) is 5.56 Å². The van der Waals surface area contributed by atoms with Crippen molar-refractivity contribution in [3.63, 3.8) is 0 Å². The molecule has 0 radical (unpaired) electrons. The summed E-state index contributed by atoms with van der Waals surface area (Å²) < 4.78 is 5.53. The molecule has 1 heterocycles. The van der Waals surface area contributed by atoms with Crippen LogP contribution in [0.15, 0.2) is 54.6 Å². The maximum absolute atomic E-state index is 12.8. The van der Waals surface area contributed by atoms with Crippen LogP contribution in [0.3, 0.4) is 0 Å². The van der Waals surface area contributed by atoms with Crippen LogP contribution in [-0.4, -0.2) is 55.6 Å². The van der Waals surface area contributed by atoms with E-state index in [0.717, 1.165) is 43.9 Å². The van der Waals surface area contributed by atoms with E-state index in [-0.39, 0.29) is 5.91 Å². The quantitative estimate of drug-likeness (QED) is 0.531. The Kier molecular flexibility index (Phi) is 7.71. The van der Waals surface area contributed by atoms with Gasteiger partial charge in [0, 0.05) is 44.1 Å². The van der Waals surface area contributed by atoms with E-state index in [4.69, 9.17) is 4.74 Å². The molecule has 160 valence electrons. The molecule has 6 nitrogen and oxygen atoms in total. The molecule has 3 rings (SSSR count). The Morgan fingerprint density at radius 3 is 2.37 bits per heavy atom. The van der Waals surface area contributed by atoms with Crippen LogP contribution in [0.2, 0.25) is 0 Å². The highest BCUT2D eigenvalue weighted by molar-refractivity contribution is 5.97. The van der Waals surface area contributed by atoms with Crippen LogP contribution >= 0.6 is 0 Å². The summed E-state index contributed by atoms with van der Waals surface area (Å²) in [6.45, 7) is 7.32. The van der Waals surface area contributed by atoms with Gasteiger partial charge in [0.25, 0.3) is 5.91 Å². The number of anilines is 2. The lowest BCUT2D eigenvalue weighted by Gasteiger charge is -2.37. The van der Waals surface area contributed by atoms with E-state index in [1.165, 1.54) is 0 Å². The van der Waals surface area contributed by atoms with Gasteiger partial charge in [-0.1, -0.05) is 43.7 Å². The molecule has 1 atom stereocenters. The molecule has 30 heavy (non-hydrogen) atoms. The third kappa shape index (κ3) is 5.53. The lowest BCUT2D eigenvalue weighted by Crippen LogP contribution is -2.51. The van der Waals surface area contributed by atoms with Gasteiger partial charge in [-0.3, -0.25) is 4.79 Å². The maximum atomic E-state index is 12.8. The van der Waals surface area contributed by atoms with Crippen molar-refractivity contribution in [1.29, 1.82) is 0 Å². The number of carbonyl (C=O) groups excluding carboxylic acids is 2. The summed E-state index contributed by atoms with van der Waals surface area (Å²) in [7, 11) is 0. The number of amides is 1. The van der Waals surface area contributed by atoms with Crippen molar-refractivity contribution in [1.82, 2.24) is 4.90 Å². The number of unbranched alkanes of at least 4 members (excludes halogenated alkanes) is 1. The number of ether oxygens (including phenoxy) is 1. The van der Waals surface area contributed by atoms with Crippen LogP contribution in [0, 0.1) is 0 Å². The molecule has 0 spiro atoms. The zero-order valence-electron chi connectivity index (χ0n) is 17.8. The Morgan fingerprint density at radius 1 is 1.00 bits per heavy atom. The number of nitrogens with zero attached hydrogens (tertiary/aromatic N) is 2. The van der Waals surface area contributed by atoms with E-state index in [1.807, 2.05) is 30.3 Å². The predicted octanol–water partition coefficient (Wildman–Crippen LogP) is 3.79. The molecule has 1 N–H and O–H groups in total. The van der Waals surface area contributed by atoms with Gasteiger partial charge in [0.2, 0.25) is 0 Å². The number of nitrogens with one attached hydrogen (secondary N) is 1. The van der Waals surface area contributed by atoms with Crippen molar-refractivity contribution in [2.75, 3.05) is 42.9 Å². The lowest BCUT2D eigenvalue weighted by molar-refractivity contribution is -0.140. The number of piperazine rings is 1. The third-order valence-electron chi connectivity index (χ3n) is 5.34. The fourth-order valence-electron chi connectivity index (χ4n) is 3.57. The molecule has 1 amide bonds. The summed E-state index contributed by atoms with van der Waals surface area (Å²) in [5.74, 6) is -0.620. The molecule has 1 aliphatic rings. The highest BCUT2D eigenvalue weighted by Gasteiger charge is 2.28. The number of hydrogen-bond acceptors (Lipinski definition) is 5. The van der Waals surface area contributed by atoms with E-state index >= 15 is 0 Å². The number of rotatable bonds is 8. The Labute approximate surface area is 178 Å². The summed E-state index contributed by atoms with van der Waals surface area (Å²) in [6.07, 6.45) is 1.28. The fourth-order valence-corrected chi connectivity index (χ4v) is 3.57. The molecule has 2 aromatic rings. The standard InChI is InChI=1S/C24H31N3O3/c1-3-4-14-25-22-13-9-8-12-21(22)24(29)30-19(2)23(28)27-17-15-26(16-18-27)20-10-6-5-7-11-20/h5-13,19,25H,3-4,14-18H2,1-2H3. The molecular formula is C24H31N3O3. The van der Waals surface area contributed by atoms with Crippen molar-refractivity contribution in [3.8, 4) is 0 Å². The highest BCUT2D eigenvalue weighted by atomic mass is 16.5. The first-order chi connectivity index (χ1) is 14.6. The second kappa shape index (κ2) is 10.7. The molecule has 2 aromatic carbocycles. The second-order valence-electron chi connectivity index (χ2n) is 7.52. The average molecular weight is 410 g/mol. The fraction of sp³-hybridized carbons (Fsp3) is 0.417. The van der Waals surface area contributed by atoms with Gasteiger partial charge in [0.1, 0.15) is 0 Å². The van der Waals surface area contributed by atoms with Gasteiger partial charge in [0.15, 0.2) is 6.10 Å². The molecular weight excluding hydrogens is 378 g/mol. The SMILES string of the molecule is CCCCNc1ccccc1C(=O)OC(C)C(=O)N1CCN(c2ccccc2)CC1. The minimum absolute atomic E-state index is 0.146. The largest absolute Gasteiger partial charge is 0.449 e. The molecule has 1 unspecified atom stereocenters. The number of para-hydroxylation sites is 2. The Balaban J connectivity index is 1.54. The van der Waals surface area contributed by atoms with E-state index in [9.17, 15) is 9.59 Å². The first-order valence-electron chi connectivity index (χ1n) is 10.7. The van der Waals surface area contributed by atoms with Gasteiger partial charge < -0.3 is 19.9 Å². The van der Waals surface area contributed by atoms with Crippen molar-refractivity contribution < 1.29 is 14.3 Å². The minimum atomic E-state index is -0.815. The Hall–Kier alpha value is -3.02. The van der Waals surface area contributed by atoms with Gasteiger partial charge in [-0.15, -0.1) is 0 Å². The molecule has 0 saturated carbocycles. The topological polar surface area (TPSA) is 61.9 Å². The summed E-state index contributed by atoms with van der Waals surface area (Å²) in [6, 6.07) is 17.5. The van der Waals surface area contributed by atoms with Crippen molar-refractivity contribution in [3.05, 3.63) is 60.2 Å². The normalized spacial score (nSPS) is 14.9. The van der Waals surface area contributed by atoms with E-state index in [2.05, 4.69) is 29.3 Å². The monoisotopic (exact) mass is 409 g/mol. The van der Waals surface area contributed by atoms with Crippen LogP contribution in [-0.2, 0) is 9.53 Å². The molecule has 0 aliphatic carbocycles. The van der Waals surface area contributed by atoms with Gasteiger partial charge >= 0.3 is 5.97 Å². The molecule has 6 heteroatoms. The van der Waals surface area contributed by atoms with Crippen molar-refractivity contribution >= 4 is 23.3 Å². The number of benzene rings is 2. The summed E-state index contributed by atoms with van der Waals surface area (Å²) >= 11 is 0. The van der Waals surface area contributed by atoms with E-state index in [1.54, 1.807) is 24.0 Å². The molecule has 0 aromatic heterocycles. The minimum Gasteiger partial charge on any atom is -0.449 e. The van der Waals surface area contributed by atoms with Gasteiger partial charge in [-0.2, -0.15) is 0 Å². The second-order valence-corrected chi connectivity index (χ2v) is 7.52. The summed E-state index contributed by atoms with van der Waals surface area (Å²) in [5.41, 5.74) is 2.37. The zero-order chi connectivity index (χ0) is 21.3. The molecule has 1 aliphatic heterocycles. The van der Waals surface area contributed by atoms with E-state index < -0.39 is 12.1 Å². The lowest BCUT2D eigenvalue weighted by atomic mass is 10.1. The van der Waals surface area contributed by atoms with E-state index in [0.29, 0.717) is 18.7 Å². The van der Waals surface area contributed by atoms with Crippen LogP contribution in [0.5, 0.6) is 0 Å². The van der Waals surface area contributed by atoms with Crippen molar-refractivity contribution in [2.24, 2.45) is 0 Å². The van der Waals surface area contributed by atoms with Crippen LogP contribution in [0.1, 0.15) is 37.0 Å². The Bertz CT molecular complexity index is 833. The van der Waals surface area contributed by atoms with Gasteiger partial charge in [-0.05, 0) is 37.6 Å². The van der Waals surface area contributed by atoms with Crippen LogP contribution in [0.25, 0.3) is 0 Å². The highest BCUT2D eigenvalue weighted by Crippen LogP contribution is 2.19. The Morgan fingerprint density at radius 2 is 1.67 bits per heavy atom.